The molecule has 16 nitrogen and oxygen atoms in total. The zero-order valence-corrected chi connectivity index (χ0v) is 37.4. The average Bonchev–Trinajstić information content (AvgIpc) is 3.91. The number of carbonyl (C=O) groups is 2. The minimum atomic E-state index is -0.978. The predicted molar refractivity (Wildman–Crippen MR) is 240 cm³/mol. The number of nitro benzene ring substituents is 2. The van der Waals surface area contributed by atoms with E-state index in [1.807, 2.05) is 12.2 Å². The molecule has 6 aliphatic carbocycles. The van der Waals surface area contributed by atoms with Crippen LogP contribution >= 0.6 is 11.6 Å². The van der Waals surface area contributed by atoms with E-state index in [9.17, 15) is 34.9 Å². The summed E-state index contributed by atoms with van der Waals surface area (Å²) in [5, 5.41) is 31.6. The molecule has 16 atom stereocenters. The first kappa shape index (κ1) is 42.1. The average molecular weight is 929 g/mol. The number of likely N-dealkylation sites (N-methyl/N-ethyl adjacent to an activating group) is 2. The molecule has 2 fully saturated rings. The Morgan fingerprint density at radius 1 is 0.672 bits per heavy atom. The summed E-state index contributed by atoms with van der Waals surface area (Å²) in [5.74, 6) is 4.34. The number of halogens is 1. The van der Waals surface area contributed by atoms with Crippen molar-refractivity contribution in [1.29, 1.82) is 0 Å². The van der Waals surface area contributed by atoms with Crippen LogP contribution in [0, 0.1) is 45.9 Å². The summed E-state index contributed by atoms with van der Waals surface area (Å²) < 4.78 is 28.4. The maximum Gasteiger partial charge on any atom is 0.514 e. The SMILES string of the molecule is Cc1ccc2c3c1O[C@H]1[C@@H](O)C=C[C@H]4[C@H]5[C@@H](C2C[C@@]341)N5C.Cc1ccc2c3c1O[C@H]1[C@@H](OC(=O)Oc4ccc([N+](=O)[O-])cc4)C=C[C@H]4[C@H]5[C@@H](C2C[C@@]341)N5C.O=C(Cl)Oc1ccc([N+](=O)[O-])cc1. The van der Waals surface area contributed by atoms with Gasteiger partial charge in [-0.05, 0) is 93.4 Å². The third-order valence-corrected chi connectivity index (χ3v) is 16.7. The van der Waals surface area contributed by atoms with Crippen LogP contribution in [0.1, 0.15) is 58.1 Å². The lowest BCUT2D eigenvalue weighted by Gasteiger charge is -2.45. The van der Waals surface area contributed by atoms with E-state index >= 15 is 0 Å². The van der Waals surface area contributed by atoms with E-state index in [0.717, 1.165) is 29.9 Å². The van der Waals surface area contributed by atoms with Gasteiger partial charge in [0.2, 0.25) is 0 Å². The summed E-state index contributed by atoms with van der Waals surface area (Å²) >= 11 is 4.92. The predicted octanol–water partition coefficient (Wildman–Crippen LogP) is 7.91. The van der Waals surface area contributed by atoms with Gasteiger partial charge in [0.15, 0.2) is 6.10 Å². The maximum atomic E-state index is 12.6. The monoisotopic (exact) mass is 928 g/mol. The number of hydrogen-bond acceptors (Lipinski definition) is 14. The van der Waals surface area contributed by atoms with Crippen molar-refractivity contribution in [2.24, 2.45) is 11.8 Å². The Morgan fingerprint density at radius 3 is 1.63 bits per heavy atom. The van der Waals surface area contributed by atoms with E-state index in [1.165, 1.54) is 76.3 Å². The van der Waals surface area contributed by atoms with Crippen LogP contribution in [-0.2, 0) is 15.6 Å². The third-order valence-electron chi connectivity index (χ3n) is 16.6. The molecule has 2 spiro atoms. The second-order valence-corrected chi connectivity index (χ2v) is 19.8. The number of aryl methyl sites for hydroxylation is 2. The first-order chi connectivity index (χ1) is 32.1. The highest BCUT2D eigenvalue weighted by Crippen LogP contribution is 2.73. The van der Waals surface area contributed by atoms with Crippen LogP contribution in [0.25, 0.3) is 0 Å². The zero-order chi connectivity index (χ0) is 46.6. The molecule has 67 heavy (non-hydrogen) atoms. The van der Waals surface area contributed by atoms with Crippen molar-refractivity contribution in [2.75, 3.05) is 14.1 Å². The summed E-state index contributed by atoms with van der Waals surface area (Å²) in [4.78, 5) is 47.9. The number of nitrogens with zero attached hydrogens (tertiary/aromatic N) is 4. The van der Waals surface area contributed by atoms with E-state index in [-0.39, 0.29) is 45.9 Å². The molecule has 4 unspecified atom stereocenters. The van der Waals surface area contributed by atoms with Gasteiger partial charge in [-0.25, -0.2) is 9.59 Å². The molecule has 17 heteroatoms. The number of non-ortho nitro benzene ring substituents is 2. The van der Waals surface area contributed by atoms with E-state index in [0.29, 0.717) is 47.8 Å². The Kier molecular flexibility index (Phi) is 9.15. The number of ether oxygens (including phenoxy) is 5. The van der Waals surface area contributed by atoms with E-state index in [4.69, 9.17) is 30.5 Å². The highest BCUT2D eigenvalue weighted by molar-refractivity contribution is 6.61. The smallest absolute Gasteiger partial charge is 0.486 e. The molecular formula is C50H45ClN4O12. The van der Waals surface area contributed by atoms with Crippen LogP contribution in [-0.4, -0.2) is 99.0 Å². The van der Waals surface area contributed by atoms with Gasteiger partial charge in [0.25, 0.3) is 11.4 Å². The first-order valence-electron chi connectivity index (χ1n) is 22.5. The lowest BCUT2D eigenvalue weighted by atomic mass is 9.59. The fraction of sp³-hybridized carbons (Fsp3) is 0.400. The normalized spacial score (nSPS) is 37.0. The van der Waals surface area contributed by atoms with Gasteiger partial charge in [-0.3, -0.25) is 30.0 Å². The number of hydrogen-bond donors (Lipinski definition) is 1. The molecule has 1 N–H and O–H groups in total. The standard InChI is InChI=1S/C25H22N2O6.C18H19NO2.C7H4ClNO4/c1-12-3-8-15-16-11-25-17(21-20(16)26(21)2)9-10-18(23(25)33-22(12)19(15)25)32-24(28)31-14-6-4-13(5-7-14)27(29)30;1-8-3-4-9-10-7-18-11(15-14(10)19(15)2)5-6-12(20)17(18)21-16(8)13(9)18;8-7(10)13-6-3-1-5(2-4-6)9(11)12/h3-10,16-18,20-21,23H,11H2,1-2H3;3-6,10-12,14-15,17,20H,7H2,1-2H3;1-4H/t16?,17-,18-,20+,21-,23-,25-,26?;10?,11-,12-,14+,15-,17-,18-,19?;/m00./s1. The Labute approximate surface area is 388 Å². The topological polar surface area (TPSA) is 193 Å². The Morgan fingerprint density at radius 2 is 1.13 bits per heavy atom. The molecule has 0 radical (unpaired) electrons. The summed E-state index contributed by atoms with van der Waals surface area (Å²) in [6.07, 6.45) is 8.30. The number of aliphatic hydroxyl groups excluding tert-OH is 1. The van der Waals surface area contributed by atoms with Gasteiger partial charge < -0.3 is 28.8 Å². The van der Waals surface area contributed by atoms with Gasteiger partial charge in [0.1, 0.15) is 41.3 Å². The van der Waals surface area contributed by atoms with Crippen molar-refractivity contribution in [1.82, 2.24) is 9.80 Å². The Bertz CT molecular complexity index is 2890. The molecule has 4 aliphatic heterocycles. The van der Waals surface area contributed by atoms with Crippen molar-refractivity contribution >= 4 is 34.6 Å². The lowest BCUT2D eigenvalue weighted by molar-refractivity contribution is -0.385. The van der Waals surface area contributed by atoms with Crippen LogP contribution in [0.2, 0.25) is 0 Å². The molecule has 0 saturated carbocycles. The molecule has 4 aromatic carbocycles. The second kappa shape index (κ2) is 14.6. The Balaban J connectivity index is 0.000000117. The number of rotatable bonds is 5. The van der Waals surface area contributed by atoms with E-state index < -0.39 is 33.6 Å². The lowest BCUT2D eigenvalue weighted by Crippen LogP contribution is -2.55. The highest BCUT2D eigenvalue weighted by Gasteiger charge is 2.76. The summed E-state index contributed by atoms with van der Waals surface area (Å²) in [5.41, 5.74) is 6.71. The van der Waals surface area contributed by atoms with Crippen molar-refractivity contribution in [3.05, 3.63) is 151 Å². The van der Waals surface area contributed by atoms with E-state index in [2.05, 4.69) is 78.9 Å². The number of nitro groups is 2. The third kappa shape index (κ3) is 5.88. The number of fused-ring (bicyclic) bond motifs is 6. The molecule has 4 aromatic rings. The minimum Gasteiger partial charge on any atom is -0.486 e. The fourth-order valence-electron chi connectivity index (χ4n) is 14.0. The largest absolute Gasteiger partial charge is 0.514 e. The molecule has 344 valence electrons. The fourth-order valence-corrected chi connectivity index (χ4v) is 14.1. The minimum absolute atomic E-state index is 0.0292. The van der Waals surface area contributed by atoms with Crippen molar-refractivity contribution < 1.29 is 48.2 Å². The molecule has 0 aromatic heterocycles. The first-order valence-corrected chi connectivity index (χ1v) is 22.9. The van der Waals surface area contributed by atoms with Gasteiger partial charge in [0.05, 0.1) is 9.85 Å². The van der Waals surface area contributed by atoms with Crippen LogP contribution in [0.15, 0.2) is 97.1 Å². The second-order valence-electron chi connectivity index (χ2n) is 19.5. The maximum absolute atomic E-state index is 12.6. The highest BCUT2D eigenvalue weighted by atomic mass is 35.5. The molecule has 4 bridgehead atoms. The number of carbonyl (C=O) groups excluding carboxylic acids is 2. The summed E-state index contributed by atoms with van der Waals surface area (Å²) in [7, 11) is 4.45. The Hall–Kier alpha value is -6.33. The van der Waals surface area contributed by atoms with Crippen LogP contribution in [0.4, 0.5) is 21.0 Å². The van der Waals surface area contributed by atoms with Crippen LogP contribution in [0.3, 0.4) is 0 Å². The van der Waals surface area contributed by atoms with Gasteiger partial charge in [0, 0.05) is 106 Å². The zero-order valence-electron chi connectivity index (χ0n) is 36.7. The molecule has 4 heterocycles. The van der Waals surface area contributed by atoms with Crippen LogP contribution < -0.4 is 18.9 Å². The number of aliphatic hydroxyl groups is 1. The quantitative estimate of drug-likeness (QED) is 0.0386. The van der Waals surface area contributed by atoms with Gasteiger partial charge in [-0.1, -0.05) is 42.5 Å². The summed E-state index contributed by atoms with van der Waals surface area (Å²) in [6.45, 7) is 4.20. The summed E-state index contributed by atoms with van der Waals surface area (Å²) in [6, 6.07) is 21.7. The van der Waals surface area contributed by atoms with Crippen molar-refractivity contribution in [3.63, 3.8) is 0 Å². The van der Waals surface area contributed by atoms with Gasteiger partial charge in [-0.2, -0.15) is 0 Å². The molecular weight excluding hydrogens is 884 g/mol. The molecule has 2 saturated heterocycles. The number of benzene rings is 4. The van der Waals surface area contributed by atoms with Crippen molar-refractivity contribution in [2.45, 2.75) is 97.9 Å². The van der Waals surface area contributed by atoms with Gasteiger partial charge >= 0.3 is 11.6 Å². The van der Waals surface area contributed by atoms with E-state index in [1.54, 1.807) is 0 Å². The van der Waals surface area contributed by atoms with Crippen molar-refractivity contribution in [3.8, 4) is 23.0 Å². The van der Waals surface area contributed by atoms with Gasteiger partial charge in [-0.15, -0.1) is 0 Å². The molecule has 14 rings (SSSR count). The number of likely N-dealkylation sites (tertiary alicyclic amines) is 2. The molecule has 10 aliphatic rings. The molecule has 0 amide bonds. The van der Waals surface area contributed by atoms with Crippen LogP contribution in [0.5, 0.6) is 23.0 Å².